The number of carbonyl (C=O) groups is 1. The summed E-state index contributed by atoms with van der Waals surface area (Å²) >= 11 is 0. The van der Waals surface area contributed by atoms with Gasteiger partial charge in [0.25, 0.3) is 0 Å². The summed E-state index contributed by atoms with van der Waals surface area (Å²) in [4.78, 5) is 12.6. The first-order valence-electron chi connectivity index (χ1n) is 7.71. The van der Waals surface area contributed by atoms with Crippen molar-refractivity contribution in [3.63, 3.8) is 0 Å². The van der Waals surface area contributed by atoms with Crippen molar-refractivity contribution >= 4 is 5.91 Å². The van der Waals surface area contributed by atoms with Crippen molar-refractivity contribution in [2.45, 2.75) is 25.8 Å². The first-order valence-corrected chi connectivity index (χ1v) is 7.71. The second-order valence-corrected chi connectivity index (χ2v) is 5.85. The van der Waals surface area contributed by atoms with Gasteiger partial charge in [0.15, 0.2) is 0 Å². The van der Waals surface area contributed by atoms with Crippen LogP contribution in [0.25, 0.3) is 0 Å². The minimum absolute atomic E-state index is 0.0399. The van der Waals surface area contributed by atoms with Crippen LogP contribution < -0.4 is 10.1 Å². The van der Waals surface area contributed by atoms with E-state index in [9.17, 15) is 4.79 Å². The smallest absolute Gasteiger partial charge is 0.230 e. The van der Waals surface area contributed by atoms with Gasteiger partial charge in [-0.1, -0.05) is 48.5 Å². The largest absolute Gasteiger partial charge is 0.491 e. The Labute approximate surface area is 137 Å². The SMILES string of the molecule is CC(C)(C(=O)NCc1ccccc1OCCO)c1ccccc1. The second kappa shape index (κ2) is 7.79. The molecule has 1 amide bonds. The molecule has 0 saturated heterocycles. The quantitative estimate of drug-likeness (QED) is 0.826. The highest BCUT2D eigenvalue weighted by molar-refractivity contribution is 5.87. The van der Waals surface area contributed by atoms with Gasteiger partial charge in [-0.15, -0.1) is 0 Å². The monoisotopic (exact) mass is 313 g/mol. The molecule has 4 nitrogen and oxygen atoms in total. The summed E-state index contributed by atoms with van der Waals surface area (Å²) in [5, 5.41) is 11.8. The Morgan fingerprint density at radius 2 is 1.74 bits per heavy atom. The summed E-state index contributed by atoms with van der Waals surface area (Å²) in [6, 6.07) is 17.2. The third-order valence-electron chi connectivity index (χ3n) is 3.82. The molecule has 4 heteroatoms. The van der Waals surface area contributed by atoms with Crippen molar-refractivity contribution in [3.8, 4) is 5.75 Å². The van der Waals surface area contributed by atoms with E-state index in [2.05, 4.69) is 5.32 Å². The number of para-hydroxylation sites is 1. The maximum atomic E-state index is 12.6. The standard InChI is InChI=1S/C19H23NO3/c1-19(2,16-9-4-3-5-10-16)18(22)20-14-15-8-6-7-11-17(15)23-13-12-21/h3-11,21H,12-14H2,1-2H3,(H,20,22). The third-order valence-corrected chi connectivity index (χ3v) is 3.82. The summed E-state index contributed by atoms with van der Waals surface area (Å²) < 4.78 is 5.49. The maximum absolute atomic E-state index is 12.6. The van der Waals surface area contributed by atoms with Crippen molar-refractivity contribution < 1.29 is 14.6 Å². The lowest BCUT2D eigenvalue weighted by Crippen LogP contribution is -2.39. The number of aliphatic hydroxyl groups is 1. The van der Waals surface area contributed by atoms with E-state index in [1.165, 1.54) is 0 Å². The molecule has 0 bridgehead atoms. The molecule has 0 saturated carbocycles. The number of hydrogen-bond acceptors (Lipinski definition) is 3. The maximum Gasteiger partial charge on any atom is 0.230 e. The predicted molar refractivity (Wildman–Crippen MR) is 90.3 cm³/mol. The minimum Gasteiger partial charge on any atom is -0.491 e. The van der Waals surface area contributed by atoms with Crippen LogP contribution in [-0.4, -0.2) is 24.2 Å². The Kier molecular flexibility index (Phi) is 5.77. The molecule has 0 aliphatic carbocycles. The van der Waals surface area contributed by atoms with Gasteiger partial charge in [-0.3, -0.25) is 4.79 Å². The van der Waals surface area contributed by atoms with Crippen molar-refractivity contribution in [1.82, 2.24) is 5.32 Å². The third kappa shape index (κ3) is 4.33. The first kappa shape index (κ1) is 17.0. The molecule has 2 N–H and O–H groups in total. The average Bonchev–Trinajstić information content (AvgIpc) is 2.59. The van der Waals surface area contributed by atoms with Crippen molar-refractivity contribution in [2.24, 2.45) is 0 Å². The van der Waals surface area contributed by atoms with E-state index < -0.39 is 5.41 Å². The van der Waals surface area contributed by atoms with Gasteiger partial charge >= 0.3 is 0 Å². The summed E-state index contributed by atoms with van der Waals surface area (Å²) in [5.41, 5.74) is 1.25. The van der Waals surface area contributed by atoms with E-state index in [1.54, 1.807) is 0 Å². The number of nitrogens with one attached hydrogen (secondary N) is 1. The zero-order valence-electron chi connectivity index (χ0n) is 13.6. The molecule has 0 heterocycles. The zero-order valence-corrected chi connectivity index (χ0v) is 13.6. The van der Waals surface area contributed by atoms with Crippen LogP contribution in [0, 0.1) is 0 Å². The molecular weight excluding hydrogens is 290 g/mol. The molecule has 122 valence electrons. The van der Waals surface area contributed by atoms with Gasteiger partial charge in [0, 0.05) is 12.1 Å². The van der Waals surface area contributed by atoms with Gasteiger partial charge in [-0.25, -0.2) is 0 Å². The number of benzene rings is 2. The fourth-order valence-electron chi connectivity index (χ4n) is 2.33. The Balaban J connectivity index is 2.05. The summed E-state index contributed by atoms with van der Waals surface area (Å²) in [6.07, 6.45) is 0. The molecule has 0 radical (unpaired) electrons. The van der Waals surface area contributed by atoms with E-state index in [1.807, 2.05) is 68.4 Å². The van der Waals surface area contributed by atoms with Gasteiger partial charge in [-0.2, -0.15) is 0 Å². The van der Waals surface area contributed by atoms with Crippen LogP contribution in [0.4, 0.5) is 0 Å². The van der Waals surface area contributed by atoms with Crippen LogP contribution in [0.5, 0.6) is 5.75 Å². The average molecular weight is 313 g/mol. The number of hydrogen-bond donors (Lipinski definition) is 2. The Hall–Kier alpha value is -2.33. The number of carbonyl (C=O) groups excluding carboxylic acids is 1. The van der Waals surface area contributed by atoms with Gasteiger partial charge in [0.05, 0.1) is 12.0 Å². The van der Waals surface area contributed by atoms with Crippen LogP contribution in [-0.2, 0) is 16.8 Å². The topological polar surface area (TPSA) is 58.6 Å². The predicted octanol–water partition coefficient (Wildman–Crippen LogP) is 2.65. The summed E-state index contributed by atoms with van der Waals surface area (Å²) in [5.74, 6) is 0.639. The van der Waals surface area contributed by atoms with Gasteiger partial charge < -0.3 is 15.2 Å². The fraction of sp³-hybridized carbons (Fsp3) is 0.316. The van der Waals surface area contributed by atoms with Crippen molar-refractivity contribution in [3.05, 3.63) is 65.7 Å². The summed E-state index contributed by atoms with van der Waals surface area (Å²) in [7, 11) is 0. The van der Waals surface area contributed by atoms with Crippen molar-refractivity contribution in [2.75, 3.05) is 13.2 Å². The lowest BCUT2D eigenvalue weighted by molar-refractivity contribution is -0.125. The Morgan fingerprint density at radius 3 is 2.43 bits per heavy atom. The number of amides is 1. The highest BCUT2D eigenvalue weighted by Crippen LogP contribution is 2.24. The Morgan fingerprint density at radius 1 is 1.09 bits per heavy atom. The van der Waals surface area contributed by atoms with Gasteiger partial charge in [-0.05, 0) is 25.5 Å². The molecule has 23 heavy (non-hydrogen) atoms. The van der Waals surface area contributed by atoms with E-state index in [4.69, 9.17) is 9.84 Å². The molecule has 2 rings (SSSR count). The van der Waals surface area contributed by atoms with E-state index in [0.29, 0.717) is 12.3 Å². The highest BCUT2D eigenvalue weighted by atomic mass is 16.5. The molecular formula is C19H23NO3. The van der Waals surface area contributed by atoms with Gasteiger partial charge in [0.2, 0.25) is 5.91 Å². The molecule has 2 aromatic rings. The molecule has 0 aliphatic rings. The van der Waals surface area contributed by atoms with Crippen LogP contribution in [0.1, 0.15) is 25.0 Å². The zero-order chi connectivity index (χ0) is 16.7. The van der Waals surface area contributed by atoms with E-state index in [-0.39, 0.29) is 19.1 Å². The molecule has 0 aromatic heterocycles. The Bertz CT molecular complexity index is 638. The fourth-order valence-corrected chi connectivity index (χ4v) is 2.33. The molecule has 0 unspecified atom stereocenters. The number of aliphatic hydroxyl groups excluding tert-OH is 1. The van der Waals surface area contributed by atoms with Crippen LogP contribution in [0.2, 0.25) is 0 Å². The molecule has 0 fully saturated rings. The summed E-state index contributed by atoms with van der Waals surface area (Å²) in [6.45, 7) is 4.40. The molecule has 0 spiro atoms. The van der Waals surface area contributed by atoms with Crippen molar-refractivity contribution in [1.29, 1.82) is 0 Å². The second-order valence-electron chi connectivity index (χ2n) is 5.85. The lowest BCUT2D eigenvalue weighted by atomic mass is 9.84. The van der Waals surface area contributed by atoms with Crippen LogP contribution in [0.15, 0.2) is 54.6 Å². The number of ether oxygens (including phenoxy) is 1. The van der Waals surface area contributed by atoms with E-state index >= 15 is 0 Å². The minimum atomic E-state index is -0.609. The van der Waals surface area contributed by atoms with Crippen LogP contribution >= 0.6 is 0 Å². The number of rotatable bonds is 7. The molecule has 0 aliphatic heterocycles. The van der Waals surface area contributed by atoms with Gasteiger partial charge in [0.1, 0.15) is 12.4 Å². The molecule has 0 atom stereocenters. The first-order chi connectivity index (χ1) is 11.1. The lowest BCUT2D eigenvalue weighted by Gasteiger charge is -2.24. The normalized spacial score (nSPS) is 11.1. The van der Waals surface area contributed by atoms with Crippen LogP contribution in [0.3, 0.4) is 0 Å². The highest BCUT2D eigenvalue weighted by Gasteiger charge is 2.29. The molecule has 2 aromatic carbocycles. The van der Waals surface area contributed by atoms with E-state index in [0.717, 1.165) is 11.1 Å².